The largest absolute Gasteiger partial charge is 0.325 e. The summed E-state index contributed by atoms with van der Waals surface area (Å²) in [7, 11) is 0. The van der Waals surface area contributed by atoms with Crippen molar-refractivity contribution in [3.8, 4) is 0 Å². The number of aromatic nitrogens is 1. The van der Waals surface area contributed by atoms with Crippen molar-refractivity contribution in [1.82, 2.24) is 4.98 Å². The van der Waals surface area contributed by atoms with E-state index in [4.69, 9.17) is 5.73 Å². The van der Waals surface area contributed by atoms with Gasteiger partial charge in [0.2, 0.25) is 0 Å². The van der Waals surface area contributed by atoms with Crippen LogP contribution in [0.1, 0.15) is 5.01 Å². The van der Waals surface area contributed by atoms with Gasteiger partial charge in [0, 0.05) is 6.54 Å². The van der Waals surface area contributed by atoms with Gasteiger partial charge < -0.3 is 5.73 Å². The Hall–Kier alpha value is -0.930. The smallest absolute Gasteiger partial charge is 0.107 e. The van der Waals surface area contributed by atoms with Crippen LogP contribution in [0, 0.1) is 6.07 Å². The first-order valence-corrected chi connectivity index (χ1v) is 4.17. The van der Waals surface area contributed by atoms with Crippen molar-refractivity contribution >= 4 is 21.6 Å². The molecule has 1 aromatic carbocycles. The normalized spacial score (nSPS) is 10.6. The lowest BCUT2D eigenvalue weighted by Crippen LogP contribution is -1.93. The Morgan fingerprint density at radius 2 is 2.55 bits per heavy atom. The third-order valence-corrected chi connectivity index (χ3v) is 2.51. The molecule has 0 saturated heterocycles. The van der Waals surface area contributed by atoms with Crippen LogP contribution >= 0.6 is 11.3 Å². The van der Waals surface area contributed by atoms with Gasteiger partial charge in [-0.15, -0.1) is 11.3 Å². The average molecular weight is 163 g/mol. The fourth-order valence-corrected chi connectivity index (χ4v) is 1.78. The van der Waals surface area contributed by atoms with E-state index < -0.39 is 0 Å². The molecule has 1 aromatic heterocycles. The average Bonchev–Trinajstić information content (AvgIpc) is 2.46. The fraction of sp³-hybridized carbons (Fsp3) is 0.125. The van der Waals surface area contributed by atoms with Crippen molar-refractivity contribution in [3.63, 3.8) is 0 Å². The molecule has 0 unspecified atom stereocenters. The summed E-state index contributed by atoms with van der Waals surface area (Å²) in [6.07, 6.45) is 0. The maximum absolute atomic E-state index is 5.45. The molecule has 0 aliphatic carbocycles. The van der Waals surface area contributed by atoms with Crippen LogP contribution in [-0.4, -0.2) is 4.98 Å². The van der Waals surface area contributed by atoms with E-state index in [-0.39, 0.29) is 0 Å². The zero-order valence-corrected chi connectivity index (χ0v) is 6.69. The quantitative estimate of drug-likeness (QED) is 0.692. The summed E-state index contributed by atoms with van der Waals surface area (Å²) in [6, 6.07) is 8.75. The summed E-state index contributed by atoms with van der Waals surface area (Å²) >= 11 is 1.64. The standard InChI is InChI=1S/C8H7N2S/c9-5-8-10-6-3-1-2-4-7(6)11-8/h2-4H,5,9H2. The fourth-order valence-electron chi connectivity index (χ4n) is 0.952. The summed E-state index contributed by atoms with van der Waals surface area (Å²) < 4.78 is 1.18. The van der Waals surface area contributed by atoms with E-state index in [1.54, 1.807) is 11.3 Å². The van der Waals surface area contributed by atoms with E-state index in [1.165, 1.54) is 4.70 Å². The number of hydrogen-bond acceptors (Lipinski definition) is 3. The number of rotatable bonds is 1. The van der Waals surface area contributed by atoms with Gasteiger partial charge in [-0.2, -0.15) is 0 Å². The molecule has 0 saturated carbocycles. The summed E-state index contributed by atoms with van der Waals surface area (Å²) in [5, 5.41) is 0.986. The van der Waals surface area contributed by atoms with Crippen LogP contribution in [0.5, 0.6) is 0 Å². The number of hydrogen-bond donors (Lipinski definition) is 1. The lowest BCUT2D eigenvalue weighted by Gasteiger charge is -1.80. The zero-order chi connectivity index (χ0) is 7.68. The van der Waals surface area contributed by atoms with Gasteiger partial charge >= 0.3 is 0 Å². The van der Waals surface area contributed by atoms with Gasteiger partial charge in [0.05, 0.1) is 10.2 Å². The van der Waals surface area contributed by atoms with Crippen molar-refractivity contribution < 1.29 is 0 Å². The first-order valence-electron chi connectivity index (χ1n) is 3.36. The maximum Gasteiger partial charge on any atom is 0.107 e. The Labute approximate surface area is 68.7 Å². The predicted molar refractivity (Wildman–Crippen MR) is 46.3 cm³/mol. The number of benzene rings is 1. The molecule has 0 fully saturated rings. The highest BCUT2D eigenvalue weighted by molar-refractivity contribution is 7.18. The molecule has 0 amide bonds. The van der Waals surface area contributed by atoms with Gasteiger partial charge in [-0.25, -0.2) is 4.98 Å². The van der Waals surface area contributed by atoms with Crippen LogP contribution in [0.25, 0.3) is 10.2 Å². The predicted octanol–water partition coefficient (Wildman–Crippen LogP) is 1.56. The second-order valence-electron chi connectivity index (χ2n) is 2.21. The van der Waals surface area contributed by atoms with E-state index >= 15 is 0 Å². The molecule has 0 bridgehead atoms. The Balaban J connectivity index is 2.69. The summed E-state index contributed by atoms with van der Waals surface area (Å²) in [5.74, 6) is 0. The molecule has 1 heterocycles. The topological polar surface area (TPSA) is 38.9 Å². The van der Waals surface area contributed by atoms with Crippen molar-refractivity contribution in [2.75, 3.05) is 0 Å². The first-order chi connectivity index (χ1) is 5.40. The van der Waals surface area contributed by atoms with Crippen LogP contribution in [0.2, 0.25) is 0 Å². The van der Waals surface area contributed by atoms with Gasteiger partial charge in [-0.05, 0) is 18.2 Å². The third kappa shape index (κ3) is 1.13. The minimum Gasteiger partial charge on any atom is -0.325 e. The zero-order valence-electron chi connectivity index (χ0n) is 5.87. The molecule has 0 spiro atoms. The lowest BCUT2D eigenvalue weighted by atomic mass is 10.3. The summed E-state index contributed by atoms with van der Waals surface area (Å²) in [4.78, 5) is 4.29. The molecule has 2 nitrogen and oxygen atoms in total. The highest BCUT2D eigenvalue weighted by Crippen LogP contribution is 2.20. The Bertz CT molecular complexity index is 334. The van der Waals surface area contributed by atoms with Crippen LogP contribution in [0.15, 0.2) is 18.2 Å². The third-order valence-electron chi connectivity index (χ3n) is 1.45. The minimum atomic E-state index is 0.527. The molecule has 0 aliphatic heterocycles. The van der Waals surface area contributed by atoms with E-state index in [1.807, 2.05) is 18.2 Å². The molecule has 2 rings (SSSR count). The van der Waals surface area contributed by atoms with Gasteiger partial charge in [0.25, 0.3) is 0 Å². The Kier molecular flexibility index (Phi) is 1.60. The van der Waals surface area contributed by atoms with E-state index in [2.05, 4.69) is 11.1 Å². The van der Waals surface area contributed by atoms with Gasteiger partial charge in [-0.3, -0.25) is 0 Å². The Morgan fingerprint density at radius 1 is 1.64 bits per heavy atom. The highest BCUT2D eigenvalue weighted by atomic mass is 32.1. The summed E-state index contributed by atoms with van der Waals surface area (Å²) in [5.41, 5.74) is 6.45. The SMILES string of the molecule is NCc1nc2c[c]ccc2s1. The molecule has 0 atom stereocenters. The number of nitrogens with two attached hydrogens (primary N) is 1. The van der Waals surface area contributed by atoms with Crippen molar-refractivity contribution in [2.45, 2.75) is 6.54 Å². The van der Waals surface area contributed by atoms with Crippen molar-refractivity contribution in [3.05, 3.63) is 29.3 Å². The maximum atomic E-state index is 5.45. The van der Waals surface area contributed by atoms with Crippen LogP contribution in [-0.2, 0) is 6.54 Å². The van der Waals surface area contributed by atoms with Crippen LogP contribution < -0.4 is 5.73 Å². The van der Waals surface area contributed by atoms with E-state index in [0.717, 1.165) is 10.5 Å². The molecule has 0 aliphatic rings. The lowest BCUT2D eigenvalue weighted by molar-refractivity contribution is 1.05. The molecule has 55 valence electrons. The second kappa shape index (κ2) is 2.60. The molecular formula is C8H7N2S. The number of thiazole rings is 1. The monoisotopic (exact) mass is 163 g/mol. The molecule has 2 aromatic rings. The van der Waals surface area contributed by atoms with Crippen molar-refractivity contribution in [2.24, 2.45) is 5.73 Å². The van der Waals surface area contributed by atoms with Crippen molar-refractivity contribution in [1.29, 1.82) is 0 Å². The van der Waals surface area contributed by atoms with Crippen LogP contribution in [0.4, 0.5) is 0 Å². The first kappa shape index (κ1) is 6.76. The molecule has 3 heteroatoms. The molecule has 2 N–H and O–H groups in total. The number of fused-ring (bicyclic) bond motifs is 1. The number of nitrogens with zero attached hydrogens (tertiary/aromatic N) is 1. The molecular weight excluding hydrogens is 156 g/mol. The van der Waals surface area contributed by atoms with Gasteiger partial charge in [-0.1, -0.05) is 6.07 Å². The minimum absolute atomic E-state index is 0.527. The molecule has 1 radical (unpaired) electrons. The van der Waals surface area contributed by atoms with Crippen LogP contribution in [0.3, 0.4) is 0 Å². The molecule has 11 heavy (non-hydrogen) atoms. The Morgan fingerprint density at radius 3 is 3.27 bits per heavy atom. The highest BCUT2D eigenvalue weighted by Gasteiger charge is 1.99. The van der Waals surface area contributed by atoms with E-state index in [0.29, 0.717) is 6.54 Å². The van der Waals surface area contributed by atoms with Gasteiger partial charge in [0.15, 0.2) is 0 Å². The second-order valence-corrected chi connectivity index (χ2v) is 3.32. The summed E-state index contributed by atoms with van der Waals surface area (Å²) in [6.45, 7) is 0.527. The van der Waals surface area contributed by atoms with E-state index in [9.17, 15) is 0 Å². The van der Waals surface area contributed by atoms with Gasteiger partial charge in [0.1, 0.15) is 5.01 Å².